The molecular formula is C19H25N5OS2+2. The number of aromatic nitrogens is 3. The predicted octanol–water partition coefficient (Wildman–Crippen LogP) is 0.619. The average Bonchev–Trinajstić information content (AvgIpc) is 3.34. The van der Waals surface area contributed by atoms with E-state index in [0.29, 0.717) is 4.77 Å². The van der Waals surface area contributed by atoms with E-state index in [0.717, 1.165) is 42.8 Å². The summed E-state index contributed by atoms with van der Waals surface area (Å²) in [5, 5.41) is 5.42. The fourth-order valence-corrected chi connectivity index (χ4v) is 4.40. The fourth-order valence-electron chi connectivity index (χ4n) is 3.53. The first-order chi connectivity index (χ1) is 13.2. The van der Waals surface area contributed by atoms with E-state index in [2.05, 4.69) is 33.7 Å². The zero-order valence-electron chi connectivity index (χ0n) is 15.4. The van der Waals surface area contributed by atoms with Gasteiger partial charge in [-0.25, -0.2) is 4.68 Å². The molecule has 0 saturated carbocycles. The second kappa shape index (κ2) is 8.35. The summed E-state index contributed by atoms with van der Waals surface area (Å²) >= 11 is 7.12. The lowest BCUT2D eigenvalue weighted by Gasteiger charge is -2.29. The Morgan fingerprint density at radius 1 is 1.15 bits per heavy atom. The van der Waals surface area contributed by atoms with Crippen LogP contribution in [0.3, 0.4) is 0 Å². The van der Waals surface area contributed by atoms with E-state index < -0.39 is 0 Å². The molecule has 4 rings (SSSR count). The fraction of sp³-hybridized carbons (Fsp3) is 0.368. The molecule has 3 N–H and O–H groups in total. The summed E-state index contributed by atoms with van der Waals surface area (Å²) in [4.78, 5) is 8.82. The van der Waals surface area contributed by atoms with Gasteiger partial charge in [0.25, 0.3) is 0 Å². The van der Waals surface area contributed by atoms with Crippen LogP contribution < -0.4 is 14.5 Å². The minimum absolute atomic E-state index is 0.638. The molecule has 0 amide bonds. The predicted molar refractivity (Wildman–Crippen MR) is 109 cm³/mol. The monoisotopic (exact) mass is 403 g/mol. The molecule has 1 saturated heterocycles. The molecule has 1 fully saturated rings. The van der Waals surface area contributed by atoms with Crippen LogP contribution in [-0.2, 0) is 13.2 Å². The van der Waals surface area contributed by atoms with Crippen molar-refractivity contribution in [3.8, 4) is 16.5 Å². The molecule has 3 aromatic rings. The lowest BCUT2D eigenvalue weighted by Crippen LogP contribution is -3.27. The molecule has 2 aromatic heterocycles. The molecule has 0 radical (unpaired) electrons. The average molecular weight is 404 g/mol. The number of quaternary nitrogens is 2. The van der Waals surface area contributed by atoms with Gasteiger partial charge in [-0.05, 0) is 47.9 Å². The molecule has 1 aromatic carbocycles. The summed E-state index contributed by atoms with van der Waals surface area (Å²) in [5.41, 5.74) is 1.37. The number of hydrogen-bond donors (Lipinski definition) is 3. The van der Waals surface area contributed by atoms with E-state index in [1.807, 2.05) is 22.9 Å². The van der Waals surface area contributed by atoms with Crippen molar-refractivity contribution in [1.82, 2.24) is 14.8 Å². The number of rotatable bonds is 6. The molecular weight excluding hydrogens is 378 g/mol. The van der Waals surface area contributed by atoms with Gasteiger partial charge < -0.3 is 14.5 Å². The van der Waals surface area contributed by atoms with Gasteiger partial charge >= 0.3 is 0 Å². The number of nitrogens with one attached hydrogen (secondary N) is 3. The molecule has 1 aliphatic heterocycles. The maximum Gasteiger partial charge on any atom is 0.221 e. The Labute approximate surface area is 168 Å². The molecule has 0 aliphatic carbocycles. The van der Waals surface area contributed by atoms with Gasteiger partial charge in [0.05, 0.1) is 12.0 Å². The molecule has 1 aliphatic rings. The van der Waals surface area contributed by atoms with Crippen molar-refractivity contribution in [2.45, 2.75) is 13.2 Å². The molecule has 6 nitrogen and oxygen atoms in total. The van der Waals surface area contributed by atoms with Crippen LogP contribution in [0.15, 0.2) is 41.8 Å². The van der Waals surface area contributed by atoms with Gasteiger partial charge in [0, 0.05) is 5.56 Å². The first-order valence-corrected chi connectivity index (χ1v) is 10.5. The molecule has 142 valence electrons. The number of piperazine rings is 1. The number of thiophene rings is 1. The third-order valence-corrected chi connectivity index (χ3v) is 6.28. The maximum atomic E-state index is 5.44. The zero-order valence-corrected chi connectivity index (χ0v) is 17.0. The van der Waals surface area contributed by atoms with Crippen LogP contribution in [0.25, 0.3) is 10.7 Å². The lowest BCUT2D eigenvalue weighted by atomic mass is 10.2. The first kappa shape index (κ1) is 18.4. The van der Waals surface area contributed by atoms with Crippen LogP contribution in [0.1, 0.15) is 5.56 Å². The van der Waals surface area contributed by atoms with Crippen molar-refractivity contribution >= 4 is 23.6 Å². The largest absolute Gasteiger partial charge is 0.497 e. The Balaban J connectivity index is 1.31. The van der Waals surface area contributed by atoms with Gasteiger partial charge in [-0.2, -0.15) is 4.98 Å². The second-order valence-corrected chi connectivity index (χ2v) is 8.26. The van der Waals surface area contributed by atoms with Crippen molar-refractivity contribution in [3.63, 3.8) is 0 Å². The van der Waals surface area contributed by atoms with E-state index in [1.165, 1.54) is 18.7 Å². The number of aromatic amines is 1. The normalized spacial score (nSPS) is 19.9. The first-order valence-electron chi connectivity index (χ1n) is 9.22. The number of benzene rings is 1. The van der Waals surface area contributed by atoms with Crippen molar-refractivity contribution < 1.29 is 14.5 Å². The Morgan fingerprint density at radius 2 is 1.89 bits per heavy atom. The third kappa shape index (κ3) is 4.47. The second-order valence-electron chi connectivity index (χ2n) is 6.94. The minimum atomic E-state index is 0.638. The van der Waals surface area contributed by atoms with Gasteiger partial charge in [-0.15, -0.1) is 11.3 Å². The Hall–Kier alpha value is -2.00. The van der Waals surface area contributed by atoms with Crippen molar-refractivity contribution in [2.75, 3.05) is 33.3 Å². The minimum Gasteiger partial charge on any atom is -0.497 e. The SMILES string of the molecule is COc1ccc(C[NH+]2CC[NH+](Cn3[nH]c(-c4cccs4)nc3=S)CC2)cc1. The molecule has 8 heteroatoms. The van der Waals surface area contributed by atoms with Crippen molar-refractivity contribution in [3.05, 3.63) is 52.1 Å². The summed E-state index contributed by atoms with van der Waals surface area (Å²) in [6.07, 6.45) is 0. The van der Waals surface area contributed by atoms with Crippen LogP contribution in [-0.4, -0.2) is 48.1 Å². The van der Waals surface area contributed by atoms with Gasteiger partial charge in [0.2, 0.25) is 4.77 Å². The number of hydrogen-bond acceptors (Lipinski definition) is 4. The molecule has 0 bridgehead atoms. The van der Waals surface area contributed by atoms with E-state index in [9.17, 15) is 0 Å². The third-order valence-electron chi connectivity index (χ3n) is 5.09. The summed E-state index contributed by atoms with van der Waals surface area (Å²) in [7, 11) is 1.71. The highest BCUT2D eigenvalue weighted by atomic mass is 32.1. The summed E-state index contributed by atoms with van der Waals surface area (Å²) in [6.45, 7) is 6.54. The summed E-state index contributed by atoms with van der Waals surface area (Å²) in [5.74, 6) is 1.79. The van der Waals surface area contributed by atoms with Crippen LogP contribution in [0.4, 0.5) is 0 Å². The highest BCUT2D eigenvalue weighted by Crippen LogP contribution is 2.20. The van der Waals surface area contributed by atoms with Crippen molar-refractivity contribution in [2.24, 2.45) is 0 Å². The number of methoxy groups -OCH3 is 1. The van der Waals surface area contributed by atoms with Crippen molar-refractivity contribution in [1.29, 1.82) is 0 Å². The zero-order chi connectivity index (χ0) is 18.6. The number of nitrogens with zero attached hydrogens (tertiary/aromatic N) is 2. The van der Waals surface area contributed by atoms with Crippen LogP contribution in [0.5, 0.6) is 5.75 Å². The van der Waals surface area contributed by atoms with E-state index in [-0.39, 0.29) is 0 Å². The summed E-state index contributed by atoms with van der Waals surface area (Å²) in [6, 6.07) is 12.5. The Morgan fingerprint density at radius 3 is 2.56 bits per heavy atom. The highest BCUT2D eigenvalue weighted by molar-refractivity contribution is 7.71. The molecule has 0 unspecified atom stereocenters. The van der Waals surface area contributed by atoms with Gasteiger partial charge in [-0.1, -0.05) is 6.07 Å². The van der Waals surface area contributed by atoms with Gasteiger partial charge in [0.15, 0.2) is 12.5 Å². The highest BCUT2D eigenvalue weighted by Gasteiger charge is 2.23. The lowest BCUT2D eigenvalue weighted by molar-refractivity contribution is -1.03. The number of ether oxygens (including phenoxy) is 1. The molecule has 3 heterocycles. The van der Waals surface area contributed by atoms with Crippen LogP contribution >= 0.6 is 23.6 Å². The van der Waals surface area contributed by atoms with E-state index in [1.54, 1.807) is 28.2 Å². The molecule has 0 atom stereocenters. The van der Waals surface area contributed by atoms with Gasteiger partial charge in [0.1, 0.15) is 38.5 Å². The Bertz CT molecular complexity index is 908. The molecule has 27 heavy (non-hydrogen) atoms. The van der Waals surface area contributed by atoms with Crippen LogP contribution in [0, 0.1) is 4.77 Å². The summed E-state index contributed by atoms with van der Waals surface area (Å²) < 4.78 is 7.88. The van der Waals surface area contributed by atoms with Gasteiger partial charge in [-0.3, -0.25) is 5.10 Å². The topological polar surface area (TPSA) is 51.7 Å². The smallest absolute Gasteiger partial charge is 0.221 e. The number of H-pyrrole nitrogens is 1. The van der Waals surface area contributed by atoms with Crippen LogP contribution in [0.2, 0.25) is 0 Å². The van der Waals surface area contributed by atoms with E-state index in [4.69, 9.17) is 17.0 Å². The standard InChI is InChI=1S/C19H23N5OS2/c1-25-16-6-4-15(5-7-16)13-22-8-10-23(11-9-22)14-24-19(26)20-18(21-24)17-3-2-12-27-17/h2-7,12H,8-11,13-14H2,1H3,(H,20,21,26)/p+2. The van der Waals surface area contributed by atoms with E-state index >= 15 is 0 Å². The quantitative estimate of drug-likeness (QED) is 0.529. The Kier molecular flexibility index (Phi) is 5.68. The maximum absolute atomic E-state index is 5.44. The molecule has 0 spiro atoms.